The molecule has 0 unspecified atom stereocenters. The van der Waals surface area contributed by atoms with Crippen molar-refractivity contribution in [2.45, 2.75) is 18.9 Å². The molecule has 0 saturated carbocycles. The Hall–Kier alpha value is -2.08. The van der Waals surface area contributed by atoms with Crippen LogP contribution in [0.25, 0.3) is 11.3 Å². The van der Waals surface area contributed by atoms with Gasteiger partial charge in [0.05, 0.1) is 18.8 Å². The van der Waals surface area contributed by atoms with Gasteiger partial charge in [-0.05, 0) is 12.1 Å². The predicted octanol–water partition coefficient (Wildman–Crippen LogP) is 3.72. The van der Waals surface area contributed by atoms with Gasteiger partial charge in [0.2, 0.25) is 0 Å². The summed E-state index contributed by atoms with van der Waals surface area (Å²) in [6.07, 6.45) is 2.48. The van der Waals surface area contributed by atoms with Crippen LogP contribution in [0, 0.1) is 17.5 Å². The number of nitrogens with zero attached hydrogens (tertiary/aromatic N) is 1. The molecule has 0 atom stereocenters. The van der Waals surface area contributed by atoms with Crippen molar-refractivity contribution in [2.24, 2.45) is 0 Å². The molecule has 116 valence electrons. The van der Waals surface area contributed by atoms with Gasteiger partial charge in [-0.1, -0.05) is 0 Å². The van der Waals surface area contributed by atoms with E-state index in [0.29, 0.717) is 26.1 Å². The van der Waals surface area contributed by atoms with Crippen molar-refractivity contribution in [3.05, 3.63) is 47.9 Å². The molecule has 3 nitrogen and oxygen atoms in total. The highest BCUT2D eigenvalue weighted by Gasteiger charge is 2.20. The van der Waals surface area contributed by atoms with Crippen LogP contribution in [0.15, 0.2) is 30.5 Å². The molecule has 0 spiro atoms. The van der Waals surface area contributed by atoms with Crippen molar-refractivity contribution in [1.29, 1.82) is 0 Å². The maximum Gasteiger partial charge on any atom is 0.149 e. The lowest BCUT2D eigenvalue weighted by molar-refractivity contribution is 0.0253. The number of rotatable bonds is 3. The van der Waals surface area contributed by atoms with Crippen LogP contribution in [0.2, 0.25) is 0 Å². The molecule has 6 heteroatoms. The van der Waals surface area contributed by atoms with Crippen LogP contribution in [-0.4, -0.2) is 24.3 Å². The van der Waals surface area contributed by atoms with Gasteiger partial charge in [-0.2, -0.15) is 0 Å². The lowest BCUT2D eigenvalue weighted by atomic mass is 10.1. The van der Waals surface area contributed by atoms with E-state index >= 15 is 0 Å². The van der Waals surface area contributed by atoms with Crippen LogP contribution < -0.4 is 4.74 Å². The largest absolute Gasteiger partial charge is 0.490 e. The average molecular weight is 309 g/mol. The van der Waals surface area contributed by atoms with Crippen molar-refractivity contribution in [3.8, 4) is 17.0 Å². The molecule has 0 N–H and O–H groups in total. The number of benzene rings is 1. The van der Waals surface area contributed by atoms with Gasteiger partial charge in [0.1, 0.15) is 35.0 Å². The Morgan fingerprint density at radius 1 is 1.05 bits per heavy atom. The number of pyridine rings is 1. The van der Waals surface area contributed by atoms with E-state index < -0.39 is 23.0 Å². The van der Waals surface area contributed by atoms with E-state index in [1.165, 1.54) is 12.3 Å². The van der Waals surface area contributed by atoms with Crippen LogP contribution in [0.3, 0.4) is 0 Å². The minimum Gasteiger partial charge on any atom is -0.490 e. The first-order chi connectivity index (χ1) is 10.6. The smallest absolute Gasteiger partial charge is 0.149 e. The fraction of sp³-hybridized carbons (Fsp3) is 0.312. The molecule has 0 radical (unpaired) electrons. The summed E-state index contributed by atoms with van der Waals surface area (Å²) >= 11 is 0. The Balaban J connectivity index is 1.90. The maximum absolute atomic E-state index is 14.2. The van der Waals surface area contributed by atoms with Crippen molar-refractivity contribution in [3.63, 3.8) is 0 Å². The van der Waals surface area contributed by atoms with Gasteiger partial charge in [-0.3, -0.25) is 4.98 Å². The van der Waals surface area contributed by atoms with Crippen LogP contribution in [0.5, 0.6) is 5.75 Å². The van der Waals surface area contributed by atoms with Gasteiger partial charge in [-0.25, -0.2) is 13.2 Å². The van der Waals surface area contributed by atoms with E-state index in [1.54, 1.807) is 0 Å². The van der Waals surface area contributed by atoms with Crippen molar-refractivity contribution in [1.82, 2.24) is 4.98 Å². The first-order valence-electron chi connectivity index (χ1n) is 6.99. The van der Waals surface area contributed by atoms with Gasteiger partial charge in [0, 0.05) is 31.2 Å². The molecule has 3 rings (SSSR count). The summed E-state index contributed by atoms with van der Waals surface area (Å²) in [4.78, 5) is 3.70. The molecule has 1 fully saturated rings. The fourth-order valence-electron chi connectivity index (χ4n) is 2.40. The van der Waals surface area contributed by atoms with E-state index in [9.17, 15) is 13.2 Å². The normalized spacial score (nSPS) is 15.8. The first-order valence-corrected chi connectivity index (χ1v) is 6.99. The Labute approximate surface area is 125 Å². The quantitative estimate of drug-likeness (QED) is 0.866. The molecule has 1 aromatic carbocycles. The Kier molecular flexibility index (Phi) is 4.29. The third-order valence-electron chi connectivity index (χ3n) is 3.48. The molecular weight excluding hydrogens is 295 g/mol. The molecule has 0 amide bonds. The maximum atomic E-state index is 14.2. The number of aromatic nitrogens is 1. The minimum atomic E-state index is -0.903. The average Bonchev–Trinajstić information content (AvgIpc) is 2.49. The molecule has 1 aromatic heterocycles. The Bertz CT molecular complexity index is 649. The summed E-state index contributed by atoms with van der Waals surface area (Å²) in [5, 5.41) is 0. The summed E-state index contributed by atoms with van der Waals surface area (Å²) in [5.74, 6) is -2.50. The van der Waals surface area contributed by atoms with Crippen LogP contribution >= 0.6 is 0 Å². The fourth-order valence-corrected chi connectivity index (χ4v) is 2.40. The van der Waals surface area contributed by atoms with Crippen LogP contribution in [0.1, 0.15) is 12.8 Å². The summed E-state index contributed by atoms with van der Waals surface area (Å²) in [7, 11) is 0. The minimum absolute atomic E-state index is 0.0852. The zero-order valence-corrected chi connectivity index (χ0v) is 11.7. The SMILES string of the molecule is Fc1cccnc1-c1c(F)cc(OC2CCOCC2)cc1F. The van der Waals surface area contributed by atoms with Crippen LogP contribution in [0.4, 0.5) is 13.2 Å². The zero-order valence-electron chi connectivity index (χ0n) is 11.7. The summed E-state index contributed by atoms with van der Waals surface area (Å²) in [5.41, 5.74) is -0.840. The van der Waals surface area contributed by atoms with E-state index in [0.717, 1.165) is 18.2 Å². The van der Waals surface area contributed by atoms with Gasteiger partial charge < -0.3 is 9.47 Å². The van der Waals surface area contributed by atoms with E-state index in [2.05, 4.69) is 4.98 Å². The highest BCUT2D eigenvalue weighted by molar-refractivity contribution is 5.62. The topological polar surface area (TPSA) is 31.4 Å². The molecule has 1 aliphatic rings. The second-order valence-electron chi connectivity index (χ2n) is 5.03. The van der Waals surface area contributed by atoms with Gasteiger partial charge in [0.25, 0.3) is 0 Å². The zero-order chi connectivity index (χ0) is 15.5. The Morgan fingerprint density at radius 2 is 1.73 bits per heavy atom. The monoisotopic (exact) mass is 309 g/mol. The summed E-state index contributed by atoms with van der Waals surface area (Å²) < 4.78 is 52.8. The second-order valence-corrected chi connectivity index (χ2v) is 5.03. The van der Waals surface area contributed by atoms with Crippen molar-refractivity contribution < 1.29 is 22.6 Å². The summed E-state index contributed by atoms with van der Waals surface area (Å²) in [6, 6.07) is 4.58. The third kappa shape index (κ3) is 3.06. The summed E-state index contributed by atoms with van der Waals surface area (Å²) in [6.45, 7) is 1.12. The third-order valence-corrected chi connectivity index (χ3v) is 3.48. The molecule has 22 heavy (non-hydrogen) atoms. The van der Waals surface area contributed by atoms with E-state index in [4.69, 9.17) is 9.47 Å². The van der Waals surface area contributed by atoms with E-state index in [1.807, 2.05) is 0 Å². The standard InChI is InChI=1S/C16H14F3NO2/c17-12-2-1-5-20-16(12)15-13(18)8-11(9-14(15)19)22-10-3-6-21-7-4-10/h1-2,5,8-10H,3-4,6-7H2. The highest BCUT2D eigenvalue weighted by Crippen LogP contribution is 2.31. The van der Waals surface area contributed by atoms with E-state index in [-0.39, 0.29) is 17.5 Å². The number of hydrogen-bond acceptors (Lipinski definition) is 3. The molecule has 2 aromatic rings. The molecule has 2 heterocycles. The van der Waals surface area contributed by atoms with Gasteiger partial charge in [-0.15, -0.1) is 0 Å². The molecule has 1 aliphatic heterocycles. The lowest BCUT2D eigenvalue weighted by Gasteiger charge is -2.23. The van der Waals surface area contributed by atoms with Gasteiger partial charge in [0.15, 0.2) is 0 Å². The van der Waals surface area contributed by atoms with Gasteiger partial charge >= 0.3 is 0 Å². The number of halogens is 3. The molecule has 0 bridgehead atoms. The number of hydrogen-bond donors (Lipinski definition) is 0. The molecule has 1 saturated heterocycles. The first kappa shape index (κ1) is 14.8. The molecular formula is C16H14F3NO2. The second kappa shape index (κ2) is 6.36. The molecule has 0 aliphatic carbocycles. The van der Waals surface area contributed by atoms with Crippen LogP contribution in [-0.2, 0) is 4.74 Å². The number of ether oxygens (including phenoxy) is 2. The van der Waals surface area contributed by atoms with Crippen molar-refractivity contribution in [2.75, 3.05) is 13.2 Å². The predicted molar refractivity (Wildman–Crippen MR) is 74.0 cm³/mol. The lowest BCUT2D eigenvalue weighted by Crippen LogP contribution is -2.26. The Morgan fingerprint density at radius 3 is 2.36 bits per heavy atom. The van der Waals surface area contributed by atoms with Crippen molar-refractivity contribution >= 4 is 0 Å². The highest BCUT2D eigenvalue weighted by atomic mass is 19.1.